The molecule has 0 radical (unpaired) electrons. The van der Waals surface area contributed by atoms with E-state index in [0.29, 0.717) is 18.7 Å². The number of benzene rings is 2. The molecule has 24 heavy (non-hydrogen) atoms. The Bertz CT molecular complexity index is 898. The van der Waals surface area contributed by atoms with Crippen molar-refractivity contribution in [3.8, 4) is 0 Å². The Kier molecular flexibility index (Phi) is 3.82. The van der Waals surface area contributed by atoms with Crippen molar-refractivity contribution >= 4 is 16.8 Å². The van der Waals surface area contributed by atoms with E-state index >= 15 is 0 Å². The summed E-state index contributed by atoms with van der Waals surface area (Å²) < 4.78 is 7.85. The summed E-state index contributed by atoms with van der Waals surface area (Å²) in [6, 6.07) is 16.2. The lowest BCUT2D eigenvalue weighted by Crippen LogP contribution is -2.31. The van der Waals surface area contributed by atoms with Gasteiger partial charge in [-0.2, -0.15) is 0 Å². The van der Waals surface area contributed by atoms with E-state index in [2.05, 4.69) is 23.5 Å². The van der Waals surface area contributed by atoms with Crippen molar-refractivity contribution < 1.29 is 9.53 Å². The van der Waals surface area contributed by atoms with Crippen molar-refractivity contribution in [3.05, 3.63) is 71.4 Å². The van der Waals surface area contributed by atoms with E-state index in [1.807, 2.05) is 48.1 Å². The molecule has 1 unspecified atom stereocenters. The summed E-state index contributed by atoms with van der Waals surface area (Å²) in [6.07, 6.45) is 2.74. The maximum absolute atomic E-state index is 12.6. The van der Waals surface area contributed by atoms with Crippen LogP contribution in [0, 0.1) is 0 Å². The topological polar surface area (TPSA) is 43.3 Å². The highest BCUT2D eigenvalue weighted by molar-refractivity contribution is 6.06. The zero-order valence-electron chi connectivity index (χ0n) is 13.7. The van der Waals surface area contributed by atoms with E-state index in [9.17, 15) is 4.79 Å². The van der Waals surface area contributed by atoms with Gasteiger partial charge in [0, 0.05) is 30.7 Å². The minimum atomic E-state index is -0.0751. The van der Waals surface area contributed by atoms with Crippen LogP contribution in [-0.2, 0) is 18.2 Å². The Morgan fingerprint density at radius 3 is 2.92 bits per heavy atom. The van der Waals surface area contributed by atoms with Crippen molar-refractivity contribution in [3.63, 3.8) is 0 Å². The molecule has 4 heteroatoms. The van der Waals surface area contributed by atoms with E-state index in [4.69, 9.17) is 4.74 Å². The lowest BCUT2D eigenvalue weighted by Gasteiger charge is -2.26. The lowest BCUT2D eigenvalue weighted by molar-refractivity contribution is 0.0412. The van der Waals surface area contributed by atoms with Gasteiger partial charge in [0.1, 0.15) is 6.10 Å². The highest BCUT2D eigenvalue weighted by atomic mass is 16.5. The van der Waals surface area contributed by atoms with Crippen molar-refractivity contribution in [1.82, 2.24) is 9.88 Å². The quantitative estimate of drug-likeness (QED) is 0.805. The van der Waals surface area contributed by atoms with Crippen molar-refractivity contribution in [2.24, 2.45) is 7.05 Å². The molecule has 1 aliphatic rings. The van der Waals surface area contributed by atoms with E-state index < -0.39 is 0 Å². The predicted molar refractivity (Wildman–Crippen MR) is 94.1 cm³/mol. The molecule has 3 aromatic rings. The third-order valence-electron chi connectivity index (χ3n) is 4.68. The van der Waals surface area contributed by atoms with Crippen molar-refractivity contribution in [1.29, 1.82) is 0 Å². The van der Waals surface area contributed by atoms with Crippen LogP contribution < -0.4 is 5.32 Å². The lowest BCUT2D eigenvalue weighted by atomic mass is 9.97. The SMILES string of the molecule is Cn1cc(C(=O)NCC2OCCc3ccccc32)c2ccccc21. The molecule has 0 fully saturated rings. The number of para-hydroxylation sites is 1. The van der Waals surface area contributed by atoms with Gasteiger partial charge in [-0.15, -0.1) is 0 Å². The highest BCUT2D eigenvalue weighted by Gasteiger charge is 2.22. The molecule has 1 aliphatic heterocycles. The molecule has 1 N–H and O–H groups in total. The van der Waals surface area contributed by atoms with Crippen LogP contribution in [0.3, 0.4) is 0 Å². The summed E-state index contributed by atoms with van der Waals surface area (Å²) in [5.74, 6) is -0.0570. The Labute approximate surface area is 141 Å². The molecule has 0 saturated heterocycles. The molecule has 0 spiro atoms. The minimum Gasteiger partial charge on any atom is -0.371 e. The first kappa shape index (κ1) is 15.0. The van der Waals surface area contributed by atoms with Gasteiger partial charge in [0.05, 0.1) is 12.2 Å². The molecular weight excluding hydrogens is 300 g/mol. The number of aryl methyl sites for hydroxylation is 1. The van der Waals surface area contributed by atoms with Crippen LogP contribution >= 0.6 is 0 Å². The summed E-state index contributed by atoms with van der Waals surface area (Å²) in [4.78, 5) is 12.6. The molecule has 1 atom stereocenters. The standard InChI is InChI=1S/C20H20N2O2/c1-22-13-17(16-8-4-5-9-18(16)22)20(23)21-12-19-15-7-3-2-6-14(15)10-11-24-19/h2-9,13,19H,10-12H2,1H3,(H,21,23). The minimum absolute atomic E-state index is 0.0570. The first-order chi connectivity index (χ1) is 11.7. The van der Waals surface area contributed by atoms with Gasteiger partial charge in [-0.05, 0) is 23.6 Å². The van der Waals surface area contributed by atoms with Crippen LogP contribution in [0.4, 0.5) is 0 Å². The summed E-state index contributed by atoms with van der Waals surface area (Å²) >= 11 is 0. The number of amides is 1. The van der Waals surface area contributed by atoms with Crippen LogP contribution in [-0.4, -0.2) is 23.6 Å². The molecule has 122 valence electrons. The van der Waals surface area contributed by atoms with Crippen LogP contribution in [0.15, 0.2) is 54.7 Å². The average Bonchev–Trinajstić information content (AvgIpc) is 2.97. The first-order valence-corrected chi connectivity index (χ1v) is 8.25. The van der Waals surface area contributed by atoms with Gasteiger partial charge < -0.3 is 14.6 Å². The fourth-order valence-corrected chi connectivity index (χ4v) is 3.45. The van der Waals surface area contributed by atoms with Crippen LogP contribution in [0.5, 0.6) is 0 Å². The zero-order valence-corrected chi connectivity index (χ0v) is 13.7. The number of hydrogen-bond acceptors (Lipinski definition) is 2. The Hall–Kier alpha value is -2.59. The van der Waals surface area contributed by atoms with E-state index in [1.54, 1.807) is 0 Å². The predicted octanol–water partition coefficient (Wildman–Crippen LogP) is 3.22. The smallest absolute Gasteiger partial charge is 0.253 e. The normalized spacial score (nSPS) is 16.8. The van der Waals surface area contributed by atoms with Gasteiger partial charge in [0.15, 0.2) is 0 Å². The fraction of sp³-hybridized carbons (Fsp3) is 0.250. The molecule has 2 heterocycles. The average molecular weight is 320 g/mol. The molecule has 4 rings (SSSR count). The van der Waals surface area contributed by atoms with Gasteiger partial charge in [-0.25, -0.2) is 0 Å². The molecule has 1 aromatic heterocycles. The van der Waals surface area contributed by atoms with Crippen molar-refractivity contribution in [2.45, 2.75) is 12.5 Å². The zero-order chi connectivity index (χ0) is 16.5. The second-order valence-electron chi connectivity index (χ2n) is 6.19. The molecule has 0 bridgehead atoms. The second kappa shape index (κ2) is 6.13. The Balaban J connectivity index is 1.53. The van der Waals surface area contributed by atoms with Crippen molar-refractivity contribution in [2.75, 3.05) is 13.2 Å². The number of fused-ring (bicyclic) bond motifs is 2. The number of hydrogen-bond donors (Lipinski definition) is 1. The summed E-state index contributed by atoms with van der Waals surface area (Å²) in [5.41, 5.74) is 4.26. The maximum Gasteiger partial charge on any atom is 0.253 e. The number of ether oxygens (including phenoxy) is 1. The van der Waals surface area contributed by atoms with Gasteiger partial charge in [-0.3, -0.25) is 4.79 Å². The van der Waals surface area contributed by atoms with Gasteiger partial charge >= 0.3 is 0 Å². The molecule has 0 aliphatic carbocycles. The summed E-state index contributed by atoms with van der Waals surface area (Å²) in [7, 11) is 1.96. The first-order valence-electron chi connectivity index (χ1n) is 8.25. The summed E-state index contributed by atoms with van der Waals surface area (Å²) in [6.45, 7) is 1.19. The Morgan fingerprint density at radius 2 is 2.00 bits per heavy atom. The number of rotatable bonds is 3. The van der Waals surface area contributed by atoms with Gasteiger partial charge in [0.25, 0.3) is 5.91 Å². The second-order valence-corrected chi connectivity index (χ2v) is 6.19. The largest absolute Gasteiger partial charge is 0.371 e. The number of nitrogens with zero attached hydrogens (tertiary/aromatic N) is 1. The van der Waals surface area contributed by atoms with Gasteiger partial charge in [-0.1, -0.05) is 42.5 Å². The third-order valence-corrected chi connectivity index (χ3v) is 4.68. The molecular formula is C20H20N2O2. The van der Waals surface area contributed by atoms with E-state index in [0.717, 1.165) is 17.3 Å². The van der Waals surface area contributed by atoms with E-state index in [-0.39, 0.29) is 12.0 Å². The molecule has 4 nitrogen and oxygen atoms in total. The number of aromatic nitrogens is 1. The number of carbonyl (C=O) groups is 1. The molecule has 2 aromatic carbocycles. The number of nitrogens with one attached hydrogen (secondary N) is 1. The summed E-state index contributed by atoms with van der Waals surface area (Å²) in [5, 5.41) is 4.01. The highest BCUT2D eigenvalue weighted by Crippen LogP contribution is 2.26. The fourth-order valence-electron chi connectivity index (χ4n) is 3.45. The third kappa shape index (κ3) is 2.59. The molecule has 1 amide bonds. The van der Waals surface area contributed by atoms with Crippen LogP contribution in [0.2, 0.25) is 0 Å². The number of carbonyl (C=O) groups excluding carboxylic acids is 1. The van der Waals surface area contributed by atoms with Gasteiger partial charge in [0.2, 0.25) is 0 Å². The molecule has 0 saturated carbocycles. The monoisotopic (exact) mass is 320 g/mol. The van der Waals surface area contributed by atoms with E-state index in [1.165, 1.54) is 11.1 Å². The Morgan fingerprint density at radius 1 is 1.21 bits per heavy atom. The van der Waals surface area contributed by atoms with Crippen LogP contribution in [0.1, 0.15) is 27.6 Å². The maximum atomic E-state index is 12.6. The van der Waals surface area contributed by atoms with Crippen LogP contribution in [0.25, 0.3) is 10.9 Å².